The highest BCUT2D eigenvalue weighted by molar-refractivity contribution is 5.81. The summed E-state index contributed by atoms with van der Waals surface area (Å²) in [6, 6.07) is 0.410. The summed E-state index contributed by atoms with van der Waals surface area (Å²) in [6.45, 7) is 13.6. The van der Waals surface area contributed by atoms with Gasteiger partial charge in [0, 0.05) is 30.7 Å². The quantitative estimate of drug-likeness (QED) is 0.654. The van der Waals surface area contributed by atoms with Gasteiger partial charge in [-0.25, -0.2) is 0 Å². The topological polar surface area (TPSA) is 50.4 Å². The fourth-order valence-corrected chi connectivity index (χ4v) is 2.52. The van der Waals surface area contributed by atoms with E-state index < -0.39 is 0 Å². The van der Waals surface area contributed by atoms with Crippen LogP contribution in [0.5, 0.6) is 0 Å². The van der Waals surface area contributed by atoms with Crippen LogP contribution in [-0.4, -0.2) is 37.7 Å². The van der Waals surface area contributed by atoms with E-state index in [0.29, 0.717) is 19.2 Å². The Labute approximate surface area is 112 Å². The predicted octanol–water partition coefficient (Wildman–Crippen LogP) is 1.94. The van der Waals surface area contributed by atoms with Gasteiger partial charge in [-0.1, -0.05) is 27.7 Å². The molecule has 0 aliphatic rings. The van der Waals surface area contributed by atoms with Crippen LogP contribution in [0.3, 0.4) is 0 Å². The highest BCUT2D eigenvalue weighted by Gasteiger charge is 2.34. The zero-order valence-electron chi connectivity index (χ0n) is 13.0. The van der Waals surface area contributed by atoms with Gasteiger partial charge in [-0.05, 0) is 20.3 Å². The summed E-state index contributed by atoms with van der Waals surface area (Å²) in [7, 11) is 1.63. The average molecular weight is 258 g/mol. The summed E-state index contributed by atoms with van der Waals surface area (Å²) < 4.78 is 4.93. The monoisotopic (exact) mass is 258 g/mol. The maximum absolute atomic E-state index is 12.1. The molecular weight excluding hydrogens is 228 g/mol. The van der Waals surface area contributed by atoms with Gasteiger partial charge in [0.15, 0.2) is 0 Å². The molecule has 0 bridgehead atoms. The van der Waals surface area contributed by atoms with Gasteiger partial charge in [0.05, 0.1) is 6.61 Å². The SMILES string of the molecule is COCCNC(=O)C(C)(C)CC(C)(C)NC(C)C. The minimum absolute atomic E-state index is 0.0593. The molecule has 0 unspecified atom stereocenters. The van der Waals surface area contributed by atoms with Crippen molar-refractivity contribution in [3.8, 4) is 0 Å². The number of hydrogen-bond donors (Lipinski definition) is 2. The zero-order valence-corrected chi connectivity index (χ0v) is 13.0. The molecular formula is C14H30N2O2. The van der Waals surface area contributed by atoms with Crippen molar-refractivity contribution in [2.75, 3.05) is 20.3 Å². The van der Waals surface area contributed by atoms with Gasteiger partial charge >= 0.3 is 0 Å². The van der Waals surface area contributed by atoms with Gasteiger partial charge in [-0.3, -0.25) is 4.79 Å². The van der Waals surface area contributed by atoms with E-state index >= 15 is 0 Å². The number of amides is 1. The fourth-order valence-electron chi connectivity index (χ4n) is 2.52. The molecule has 0 atom stereocenters. The third-order valence-electron chi connectivity index (χ3n) is 2.77. The smallest absolute Gasteiger partial charge is 0.225 e. The van der Waals surface area contributed by atoms with Gasteiger partial charge in [0.2, 0.25) is 5.91 Å². The highest BCUT2D eigenvalue weighted by Crippen LogP contribution is 2.28. The van der Waals surface area contributed by atoms with E-state index in [9.17, 15) is 4.79 Å². The van der Waals surface area contributed by atoms with Gasteiger partial charge in [0.25, 0.3) is 0 Å². The highest BCUT2D eigenvalue weighted by atomic mass is 16.5. The molecule has 1 amide bonds. The standard InChI is InChI=1S/C14H30N2O2/c1-11(2)16-14(5,6)10-13(3,4)12(17)15-8-9-18-7/h11,16H,8-10H2,1-7H3,(H,15,17). The van der Waals surface area contributed by atoms with Gasteiger partial charge < -0.3 is 15.4 Å². The molecule has 2 N–H and O–H groups in total. The first kappa shape index (κ1) is 17.4. The van der Waals surface area contributed by atoms with Crippen LogP contribution in [0.1, 0.15) is 48.0 Å². The Morgan fingerprint density at radius 1 is 1.22 bits per heavy atom. The fraction of sp³-hybridized carbons (Fsp3) is 0.929. The van der Waals surface area contributed by atoms with E-state index in [2.05, 4.69) is 38.3 Å². The van der Waals surface area contributed by atoms with Gasteiger partial charge in [-0.2, -0.15) is 0 Å². The number of rotatable bonds is 8. The van der Waals surface area contributed by atoms with Crippen molar-refractivity contribution in [3.63, 3.8) is 0 Å². The van der Waals surface area contributed by atoms with Crippen LogP contribution in [0, 0.1) is 5.41 Å². The molecule has 0 saturated heterocycles. The van der Waals surface area contributed by atoms with Crippen molar-refractivity contribution in [1.82, 2.24) is 10.6 Å². The second-order valence-corrected chi connectivity index (χ2v) is 6.49. The Balaban J connectivity index is 4.39. The van der Waals surface area contributed by atoms with Crippen LogP contribution in [-0.2, 0) is 9.53 Å². The molecule has 0 spiro atoms. The Morgan fingerprint density at radius 2 is 1.78 bits per heavy atom. The first-order chi connectivity index (χ1) is 8.10. The van der Waals surface area contributed by atoms with Crippen LogP contribution in [0.15, 0.2) is 0 Å². The van der Waals surface area contributed by atoms with E-state index in [1.807, 2.05) is 13.8 Å². The van der Waals surface area contributed by atoms with Crippen molar-refractivity contribution in [3.05, 3.63) is 0 Å². The molecule has 0 rings (SSSR count). The summed E-state index contributed by atoms with van der Waals surface area (Å²) in [4.78, 5) is 12.1. The molecule has 0 fully saturated rings. The third kappa shape index (κ3) is 6.97. The number of carbonyl (C=O) groups is 1. The lowest BCUT2D eigenvalue weighted by Gasteiger charge is -2.36. The van der Waals surface area contributed by atoms with Crippen LogP contribution < -0.4 is 10.6 Å². The van der Waals surface area contributed by atoms with Crippen LogP contribution in [0.25, 0.3) is 0 Å². The van der Waals surface area contributed by atoms with Crippen molar-refractivity contribution < 1.29 is 9.53 Å². The van der Waals surface area contributed by atoms with E-state index in [-0.39, 0.29) is 16.9 Å². The van der Waals surface area contributed by atoms with Crippen LogP contribution in [0.2, 0.25) is 0 Å². The Bertz CT molecular complexity index is 261. The predicted molar refractivity (Wildman–Crippen MR) is 75.6 cm³/mol. The maximum Gasteiger partial charge on any atom is 0.225 e. The maximum atomic E-state index is 12.1. The average Bonchev–Trinajstić information content (AvgIpc) is 2.13. The summed E-state index contributed by atoms with van der Waals surface area (Å²) in [6.07, 6.45) is 0.789. The zero-order chi connectivity index (χ0) is 14.4. The van der Waals surface area contributed by atoms with Crippen molar-refractivity contribution in [2.45, 2.75) is 59.5 Å². The second kappa shape index (κ2) is 7.10. The summed E-state index contributed by atoms with van der Waals surface area (Å²) >= 11 is 0. The number of carbonyl (C=O) groups excluding carboxylic acids is 1. The second-order valence-electron chi connectivity index (χ2n) is 6.49. The number of methoxy groups -OCH3 is 1. The summed E-state index contributed by atoms with van der Waals surface area (Å²) in [5.41, 5.74) is -0.449. The number of hydrogen-bond acceptors (Lipinski definition) is 3. The minimum atomic E-state index is -0.390. The summed E-state index contributed by atoms with van der Waals surface area (Å²) in [5, 5.41) is 6.40. The first-order valence-electron chi connectivity index (χ1n) is 6.66. The molecule has 0 aliphatic heterocycles. The molecule has 0 heterocycles. The van der Waals surface area contributed by atoms with Crippen molar-refractivity contribution in [2.24, 2.45) is 5.41 Å². The molecule has 0 radical (unpaired) electrons. The molecule has 4 heteroatoms. The molecule has 0 saturated carbocycles. The van der Waals surface area contributed by atoms with Gasteiger partial charge in [0.1, 0.15) is 0 Å². The van der Waals surface area contributed by atoms with E-state index in [4.69, 9.17) is 4.74 Å². The minimum Gasteiger partial charge on any atom is -0.383 e. The molecule has 0 aromatic rings. The Hall–Kier alpha value is -0.610. The van der Waals surface area contributed by atoms with Crippen molar-refractivity contribution >= 4 is 5.91 Å². The number of nitrogens with one attached hydrogen (secondary N) is 2. The summed E-state index contributed by atoms with van der Waals surface area (Å²) in [5.74, 6) is 0.0816. The molecule has 108 valence electrons. The molecule has 0 aliphatic carbocycles. The van der Waals surface area contributed by atoms with Crippen LogP contribution in [0.4, 0.5) is 0 Å². The lowest BCUT2D eigenvalue weighted by Crippen LogP contribution is -2.50. The lowest BCUT2D eigenvalue weighted by atomic mass is 9.79. The lowest BCUT2D eigenvalue weighted by molar-refractivity contribution is -0.130. The third-order valence-corrected chi connectivity index (χ3v) is 2.77. The number of ether oxygens (including phenoxy) is 1. The first-order valence-corrected chi connectivity index (χ1v) is 6.66. The van der Waals surface area contributed by atoms with Crippen LogP contribution >= 0.6 is 0 Å². The molecule has 4 nitrogen and oxygen atoms in total. The molecule has 18 heavy (non-hydrogen) atoms. The Kier molecular flexibility index (Phi) is 6.86. The van der Waals surface area contributed by atoms with E-state index in [0.717, 1.165) is 6.42 Å². The van der Waals surface area contributed by atoms with E-state index in [1.165, 1.54) is 0 Å². The largest absolute Gasteiger partial charge is 0.383 e. The van der Waals surface area contributed by atoms with Crippen molar-refractivity contribution in [1.29, 1.82) is 0 Å². The molecule has 0 aromatic heterocycles. The van der Waals surface area contributed by atoms with E-state index in [1.54, 1.807) is 7.11 Å². The molecule has 0 aromatic carbocycles. The van der Waals surface area contributed by atoms with Gasteiger partial charge in [-0.15, -0.1) is 0 Å². The Morgan fingerprint density at radius 3 is 2.22 bits per heavy atom. The normalized spacial score (nSPS) is 12.9.